The third-order valence-corrected chi connectivity index (χ3v) is 7.16. The Morgan fingerprint density at radius 2 is 1.67 bits per heavy atom. The summed E-state index contributed by atoms with van der Waals surface area (Å²) in [5, 5.41) is 0. The van der Waals surface area contributed by atoms with Gasteiger partial charge in [0.15, 0.2) is 0 Å². The highest BCUT2D eigenvalue weighted by Gasteiger charge is 2.31. The van der Waals surface area contributed by atoms with Gasteiger partial charge >= 0.3 is 5.97 Å². The second kappa shape index (κ2) is 12.5. The van der Waals surface area contributed by atoms with E-state index in [-0.39, 0.29) is 11.9 Å². The van der Waals surface area contributed by atoms with Crippen LogP contribution >= 0.6 is 0 Å². The van der Waals surface area contributed by atoms with Crippen molar-refractivity contribution in [3.05, 3.63) is 34.9 Å². The van der Waals surface area contributed by atoms with Gasteiger partial charge in [0, 0.05) is 45.3 Å². The van der Waals surface area contributed by atoms with Gasteiger partial charge in [0.2, 0.25) is 5.91 Å². The first kappa shape index (κ1) is 25.7. The lowest BCUT2D eigenvalue weighted by Crippen LogP contribution is -2.55. The summed E-state index contributed by atoms with van der Waals surface area (Å²) in [6.45, 7) is 12.3. The first-order valence-electron chi connectivity index (χ1n) is 12.7. The van der Waals surface area contributed by atoms with Crippen molar-refractivity contribution < 1.29 is 14.3 Å². The quantitative estimate of drug-likeness (QED) is 0.569. The zero-order valence-corrected chi connectivity index (χ0v) is 20.7. The standard InChI is InChI=1S/C26H42N4O3/c1-4-21-8-7-20(17-22(21)5-2)18-24(27)26(32)30-11-9-23(10-12-30)29-15-13-28(14-16-29)19-25(31)33-6-3/h7-8,17,23-24H,4-6,9-16,18-19,27H2,1-3H3/t24-/m1/s1. The van der Waals surface area contributed by atoms with Gasteiger partial charge in [0.25, 0.3) is 0 Å². The zero-order chi connectivity index (χ0) is 23.8. The molecule has 2 aliphatic rings. The number of carbonyl (C=O) groups is 2. The summed E-state index contributed by atoms with van der Waals surface area (Å²) in [5.41, 5.74) is 10.2. The Bertz CT molecular complexity index is 784. The van der Waals surface area contributed by atoms with Crippen molar-refractivity contribution in [2.45, 2.75) is 65.0 Å². The number of benzene rings is 1. The molecule has 0 saturated carbocycles. The lowest BCUT2D eigenvalue weighted by molar-refractivity contribution is -0.144. The molecule has 2 saturated heterocycles. The summed E-state index contributed by atoms with van der Waals surface area (Å²) in [4.78, 5) is 31.3. The topological polar surface area (TPSA) is 79.1 Å². The smallest absolute Gasteiger partial charge is 0.320 e. The van der Waals surface area contributed by atoms with Gasteiger partial charge in [-0.05, 0) is 55.7 Å². The van der Waals surface area contributed by atoms with Crippen LogP contribution in [0.4, 0.5) is 0 Å². The van der Waals surface area contributed by atoms with Crippen LogP contribution < -0.4 is 5.73 Å². The van der Waals surface area contributed by atoms with E-state index in [1.165, 1.54) is 11.1 Å². The van der Waals surface area contributed by atoms with Gasteiger partial charge in [0.05, 0.1) is 19.2 Å². The first-order valence-corrected chi connectivity index (χ1v) is 12.7. The van der Waals surface area contributed by atoms with Gasteiger partial charge in [-0.1, -0.05) is 32.0 Å². The van der Waals surface area contributed by atoms with Gasteiger partial charge in [-0.3, -0.25) is 19.4 Å². The number of hydrogen-bond acceptors (Lipinski definition) is 6. The van der Waals surface area contributed by atoms with Crippen LogP contribution in [0, 0.1) is 0 Å². The first-order chi connectivity index (χ1) is 15.9. The summed E-state index contributed by atoms with van der Waals surface area (Å²) in [6.07, 6.45) is 4.61. The van der Waals surface area contributed by atoms with Crippen LogP contribution in [0.15, 0.2) is 18.2 Å². The van der Waals surface area contributed by atoms with E-state index in [2.05, 4.69) is 41.8 Å². The predicted octanol–water partition coefficient (Wildman–Crippen LogP) is 1.85. The SMILES string of the molecule is CCOC(=O)CN1CCN(C2CCN(C(=O)[C@H](N)Cc3ccc(CC)c(CC)c3)CC2)CC1. The largest absolute Gasteiger partial charge is 0.465 e. The molecular weight excluding hydrogens is 416 g/mol. The molecule has 2 N–H and O–H groups in total. The Kier molecular flexibility index (Phi) is 9.71. The molecule has 2 aliphatic heterocycles. The number of likely N-dealkylation sites (tertiary alicyclic amines) is 1. The van der Waals surface area contributed by atoms with E-state index < -0.39 is 6.04 Å². The molecule has 0 radical (unpaired) electrons. The van der Waals surface area contributed by atoms with Crippen LogP contribution in [0.3, 0.4) is 0 Å². The number of hydrogen-bond donors (Lipinski definition) is 1. The van der Waals surface area contributed by atoms with E-state index in [1.54, 1.807) is 0 Å². The van der Waals surface area contributed by atoms with Gasteiger partial charge < -0.3 is 15.4 Å². The summed E-state index contributed by atoms with van der Waals surface area (Å²) in [7, 11) is 0. The van der Waals surface area contributed by atoms with Gasteiger partial charge in [-0.25, -0.2) is 0 Å². The zero-order valence-electron chi connectivity index (χ0n) is 20.7. The second-order valence-corrected chi connectivity index (χ2v) is 9.29. The van der Waals surface area contributed by atoms with Crippen LogP contribution in [0.2, 0.25) is 0 Å². The van der Waals surface area contributed by atoms with Crippen molar-refractivity contribution in [3.63, 3.8) is 0 Å². The minimum Gasteiger partial charge on any atom is -0.465 e. The van der Waals surface area contributed by atoms with Crippen LogP contribution in [0.5, 0.6) is 0 Å². The number of rotatable bonds is 9. The molecule has 0 spiro atoms. The van der Waals surface area contributed by atoms with Crippen molar-refractivity contribution in [1.29, 1.82) is 0 Å². The molecule has 1 atom stereocenters. The number of ether oxygens (including phenoxy) is 1. The van der Waals surface area contributed by atoms with Crippen LogP contribution in [0.1, 0.15) is 50.3 Å². The lowest BCUT2D eigenvalue weighted by Gasteiger charge is -2.43. The summed E-state index contributed by atoms with van der Waals surface area (Å²) in [6, 6.07) is 6.55. The maximum absolute atomic E-state index is 13.0. The lowest BCUT2D eigenvalue weighted by atomic mass is 9.96. The molecule has 3 rings (SSSR count). The third-order valence-electron chi connectivity index (χ3n) is 7.16. The maximum atomic E-state index is 13.0. The number of nitrogens with two attached hydrogens (primary N) is 1. The number of nitrogens with zero attached hydrogens (tertiary/aromatic N) is 3. The second-order valence-electron chi connectivity index (χ2n) is 9.29. The highest BCUT2D eigenvalue weighted by atomic mass is 16.5. The molecule has 0 bridgehead atoms. The van der Waals surface area contributed by atoms with Gasteiger partial charge in [0.1, 0.15) is 0 Å². The number of aryl methyl sites for hydroxylation is 2. The van der Waals surface area contributed by atoms with E-state index in [9.17, 15) is 9.59 Å². The van der Waals surface area contributed by atoms with Crippen molar-refractivity contribution in [1.82, 2.24) is 14.7 Å². The Hall–Kier alpha value is -1.96. The van der Waals surface area contributed by atoms with Crippen LogP contribution in [-0.2, 0) is 33.6 Å². The number of amides is 1. The number of piperazine rings is 1. The molecule has 1 aromatic carbocycles. The minimum atomic E-state index is -0.481. The molecule has 0 unspecified atom stereocenters. The normalized spacial score (nSPS) is 19.5. The number of piperidine rings is 1. The molecule has 0 aliphatic carbocycles. The third kappa shape index (κ3) is 7.01. The molecule has 1 aromatic rings. The Morgan fingerprint density at radius 3 is 2.27 bits per heavy atom. The van der Waals surface area contributed by atoms with Gasteiger partial charge in [-0.15, -0.1) is 0 Å². The van der Waals surface area contributed by atoms with Crippen molar-refractivity contribution in [2.75, 3.05) is 52.4 Å². The fourth-order valence-corrected chi connectivity index (χ4v) is 5.18. The van der Waals surface area contributed by atoms with Crippen molar-refractivity contribution in [2.24, 2.45) is 5.73 Å². The van der Waals surface area contributed by atoms with Crippen LogP contribution in [0.25, 0.3) is 0 Å². The highest BCUT2D eigenvalue weighted by Crippen LogP contribution is 2.20. The molecule has 2 fully saturated rings. The van der Waals surface area contributed by atoms with Gasteiger partial charge in [-0.2, -0.15) is 0 Å². The monoisotopic (exact) mass is 458 g/mol. The molecule has 7 heteroatoms. The molecule has 0 aromatic heterocycles. The van der Waals surface area contributed by atoms with E-state index >= 15 is 0 Å². The highest BCUT2D eigenvalue weighted by molar-refractivity contribution is 5.82. The number of carbonyl (C=O) groups excluding carboxylic acids is 2. The Labute approximate surface area is 199 Å². The molecule has 2 heterocycles. The summed E-state index contributed by atoms with van der Waals surface area (Å²) >= 11 is 0. The van der Waals surface area contributed by atoms with Crippen molar-refractivity contribution >= 4 is 11.9 Å². The Morgan fingerprint density at radius 1 is 1.00 bits per heavy atom. The van der Waals surface area contributed by atoms with E-state index in [1.807, 2.05) is 11.8 Å². The average Bonchev–Trinajstić information content (AvgIpc) is 2.84. The molecule has 184 valence electrons. The molecule has 1 amide bonds. The average molecular weight is 459 g/mol. The summed E-state index contributed by atoms with van der Waals surface area (Å²) in [5.74, 6) is -0.0633. The molecule has 33 heavy (non-hydrogen) atoms. The predicted molar refractivity (Wildman–Crippen MR) is 131 cm³/mol. The van der Waals surface area contributed by atoms with E-state index in [4.69, 9.17) is 10.5 Å². The molecular formula is C26H42N4O3. The number of esters is 1. The molecule has 7 nitrogen and oxygen atoms in total. The fraction of sp³-hybridized carbons (Fsp3) is 0.692. The van der Waals surface area contributed by atoms with E-state index in [0.29, 0.717) is 25.6 Å². The fourth-order valence-electron chi connectivity index (χ4n) is 5.18. The maximum Gasteiger partial charge on any atom is 0.320 e. The van der Waals surface area contributed by atoms with Crippen molar-refractivity contribution in [3.8, 4) is 0 Å². The Balaban J connectivity index is 1.43. The van der Waals surface area contributed by atoms with Crippen LogP contribution in [-0.4, -0.2) is 91.1 Å². The van der Waals surface area contributed by atoms with E-state index in [0.717, 1.165) is 70.5 Å². The minimum absolute atomic E-state index is 0.0744. The summed E-state index contributed by atoms with van der Waals surface area (Å²) < 4.78 is 5.06.